The molecule has 3 aromatic rings. The van der Waals surface area contributed by atoms with Crippen LogP contribution >= 0.6 is 23.2 Å². The smallest absolute Gasteiger partial charge is 0.243 e. The number of carbonyl (C=O) groups is 1. The van der Waals surface area contributed by atoms with Crippen LogP contribution in [0.4, 0.5) is 5.69 Å². The molecule has 0 bridgehead atoms. The zero-order valence-corrected chi connectivity index (χ0v) is 19.8. The van der Waals surface area contributed by atoms with Crippen LogP contribution in [-0.2, 0) is 21.4 Å². The van der Waals surface area contributed by atoms with Gasteiger partial charge in [-0.25, -0.2) is 8.42 Å². The fraction of sp³-hybridized carbons (Fsp3) is 0.174. The molecule has 0 aliphatic heterocycles. The molecule has 168 valence electrons. The van der Waals surface area contributed by atoms with Crippen molar-refractivity contribution in [1.82, 2.24) is 4.31 Å². The molecule has 1 amide bonds. The molecule has 9 heteroatoms. The number of hydrogen-bond donors (Lipinski definition) is 1. The topological polar surface area (TPSA) is 75.7 Å². The zero-order valence-electron chi connectivity index (χ0n) is 17.5. The van der Waals surface area contributed by atoms with E-state index in [0.717, 1.165) is 9.87 Å². The van der Waals surface area contributed by atoms with Gasteiger partial charge in [-0.05, 0) is 48.4 Å². The van der Waals surface area contributed by atoms with Crippen molar-refractivity contribution in [2.45, 2.75) is 18.4 Å². The molecule has 0 unspecified atom stereocenters. The molecule has 6 nitrogen and oxygen atoms in total. The highest BCUT2D eigenvalue weighted by Gasteiger charge is 2.28. The maximum absolute atomic E-state index is 13.5. The molecule has 0 aliphatic rings. The molecule has 3 rings (SSSR count). The van der Waals surface area contributed by atoms with Gasteiger partial charge in [0.05, 0.1) is 34.3 Å². The number of ether oxygens (including phenoxy) is 1. The van der Waals surface area contributed by atoms with Crippen molar-refractivity contribution in [3.63, 3.8) is 0 Å². The Balaban J connectivity index is 1.91. The van der Waals surface area contributed by atoms with Crippen LogP contribution in [0.15, 0.2) is 71.6 Å². The van der Waals surface area contributed by atoms with E-state index in [2.05, 4.69) is 5.32 Å². The highest BCUT2D eigenvalue weighted by molar-refractivity contribution is 7.89. The number of nitrogens with zero attached hydrogens (tertiary/aromatic N) is 1. The van der Waals surface area contributed by atoms with E-state index in [0.29, 0.717) is 17.0 Å². The maximum Gasteiger partial charge on any atom is 0.243 e. The van der Waals surface area contributed by atoms with E-state index in [1.165, 1.54) is 19.2 Å². The largest absolute Gasteiger partial charge is 0.496 e. The zero-order chi connectivity index (χ0) is 23.3. The van der Waals surface area contributed by atoms with E-state index in [-0.39, 0.29) is 21.5 Å². The highest BCUT2D eigenvalue weighted by atomic mass is 35.5. The van der Waals surface area contributed by atoms with Crippen LogP contribution in [0.5, 0.6) is 5.75 Å². The number of amides is 1. The molecule has 1 N–H and O–H groups in total. The first kappa shape index (κ1) is 24.1. The molecular formula is C23H22Cl2N2O4S. The quantitative estimate of drug-likeness (QED) is 0.472. The number of anilines is 1. The lowest BCUT2D eigenvalue weighted by molar-refractivity contribution is -0.116. The Morgan fingerprint density at radius 3 is 2.41 bits per heavy atom. The van der Waals surface area contributed by atoms with Gasteiger partial charge in [-0.2, -0.15) is 4.31 Å². The lowest BCUT2D eigenvalue weighted by atomic mass is 10.2. The van der Waals surface area contributed by atoms with E-state index in [4.69, 9.17) is 27.9 Å². The molecule has 0 aromatic heterocycles. The van der Waals surface area contributed by atoms with Crippen molar-refractivity contribution in [3.8, 4) is 5.75 Å². The number of hydrogen-bond acceptors (Lipinski definition) is 4. The van der Waals surface area contributed by atoms with Gasteiger partial charge in [0, 0.05) is 6.54 Å². The normalized spacial score (nSPS) is 11.4. The average molecular weight is 493 g/mol. The van der Waals surface area contributed by atoms with Crippen LogP contribution in [-0.4, -0.2) is 32.3 Å². The van der Waals surface area contributed by atoms with Gasteiger partial charge in [0.1, 0.15) is 5.75 Å². The third-order valence-corrected chi connectivity index (χ3v) is 7.36. The lowest BCUT2D eigenvalue weighted by Crippen LogP contribution is -2.37. The summed E-state index contributed by atoms with van der Waals surface area (Å²) < 4.78 is 33.3. The van der Waals surface area contributed by atoms with Crippen LogP contribution in [0.1, 0.15) is 11.1 Å². The summed E-state index contributed by atoms with van der Waals surface area (Å²) in [7, 11) is -2.48. The first-order valence-corrected chi connectivity index (χ1v) is 11.8. The van der Waals surface area contributed by atoms with Gasteiger partial charge in [0.25, 0.3) is 0 Å². The van der Waals surface area contributed by atoms with Crippen molar-refractivity contribution < 1.29 is 17.9 Å². The summed E-state index contributed by atoms with van der Waals surface area (Å²) in [5, 5.41) is 3.11. The first-order chi connectivity index (χ1) is 15.2. The third kappa shape index (κ3) is 5.61. The minimum absolute atomic E-state index is 0.0188. The van der Waals surface area contributed by atoms with E-state index in [1.807, 2.05) is 18.2 Å². The molecule has 0 aliphatic carbocycles. The van der Waals surface area contributed by atoms with Crippen LogP contribution in [0, 0.1) is 6.92 Å². The maximum atomic E-state index is 13.5. The second-order valence-corrected chi connectivity index (χ2v) is 9.76. The van der Waals surface area contributed by atoms with Gasteiger partial charge in [0.2, 0.25) is 15.9 Å². The van der Waals surface area contributed by atoms with Crippen LogP contribution in [0.2, 0.25) is 10.0 Å². The minimum atomic E-state index is -3.99. The van der Waals surface area contributed by atoms with Crippen molar-refractivity contribution in [3.05, 3.63) is 87.9 Å². The number of methoxy groups -OCH3 is 1. The number of rotatable bonds is 8. The second kappa shape index (κ2) is 10.4. The Morgan fingerprint density at radius 1 is 1.03 bits per heavy atom. The van der Waals surface area contributed by atoms with Crippen LogP contribution in [0.25, 0.3) is 0 Å². The van der Waals surface area contributed by atoms with E-state index < -0.39 is 22.5 Å². The summed E-state index contributed by atoms with van der Waals surface area (Å²) in [6.45, 7) is 1.36. The Labute approximate surface area is 197 Å². The van der Waals surface area contributed by atoms with Gasteiger partial charge < -0.3 is 10.1 Å². The predicted octanol–water partition coefficient (Wildman–Crippen LogP) is 5.14. The molecule has 0 atom stereocenters. The number of benzene rings is 3. The number of aryl methyl sites for hydroxylation is 1. The van der Waals surface area contributed by atoms with Crippen molar-refractivity contribution in [2.75, 3.05) is 19.0 Å². The van der Waals surface area contributed by atoms with Gasteiger partial charge in [-0.1, -0.05) is 59.6 Å². The Hall–Kier alpha value is -2.58. The van der Waals surface area contributed by atoms with Gasteiger partial charge >= 0.3 is 0 Å². The van der Waals surface area contributed by atoms with Gasteiger partial charge in [0.15, 0.2) is 0 Å². The van der Waals surface area contributed by atoms with Gasteiger partial charge in [-0.15, -0.1) is 0 Å². The van der Waals surface area contributed by atoms with E-state index in [9.17, 15) is 13.2 Å². The fourth-order valence-electron chi connectivity index (χ4n) is 3.12. The summed E-state index contributed by atoms with van der Waals surface area (Å²) >= 11 is 12.1. The number of halogens is 2. The van der Waals surface area contributed by atoms with E-state index in [1.54, 1.807) is 43.3 Å². The molecule has 3 aromatic carbocycles. The highest BCUT2D eigenvalue weighted by Crippen LogP contribution is 2.30. The molecule has 0 heterocycles. The predicted molar refractivity (Wildman–Crippen MR) is 127 cm³/mol. The van der Waals surface area contributed by atoms with Crippen LogP contribution in [0.3, 0.4) is 0 Å². The van der Waals surface area contributed by atoms with Crippen LogP contribution < -0.4 is 10.1 Å². The molecule has 0 spiro atoms. The monoisotopic (exact) mass is 492 g/mol. The molecule has 0 saturated heterocycles. The number of sulfonamides is 1. The molecule has 0 fully saturated rings. The Kier molecular flexibility index (Phi) is 7.79. The number of nitrogens with one attached hydrogen (secondary N) is 1. The summed E-state index contributed by atoms with van der Waals surface area (Å²) in [6, 6.07) is 18.5. The number of carbonyl (C=O) groups excluding carboxylic acids is 1. The second-order valence-electron chi connectivity index (χ2n) is 7.04. The van der Waals surface area contributed by atoms with Crippen molar-refractivity contribution >= 4 is 44.8 Å². The minimum Gasteiger partial charge on any atom is -0.496 e. The SMILES string of the molecule is COc1ccc(S(=O)(=O)N(CC(=O)Nc2cccc(Cl)c2Cl)Cc2ccccc2)cc1C. The lowest BCUT2D eigenvalue weighted by Gasteiger charge is -2.22. The Bertz CT molecular complexity index is 1220. The average Bonchev–Trinajstić information content (AvgIpc) is 2.77. The summed E-state index contributed by atoms with van der Waals surface area (Å²) in [4.78, 5) is 12.9. The van der Waals surface area contributed by atoms with Gasteiger partial charge in [-0.3, -0.25) is 4.79 Å². The molecule has 0 saturated carbocycles. The summed E-state index contributed by atoms with van der Waals surface area (Å²) in [5.41, 5.74) is 1.72. The Morgan fingerprint density at radius 2 is 1.75 bits per heavy atom. The summed E-state index contributed by atoms with van der Waals surface area (Å²) in [6.07, 6.45) is 0. The summed E-state index contributed by atoms with van der Waals surface area (Å²) in [5.74, 6) is 0.0332. The van der Waals surface area contributed by atoms with Crippen molar-refractivity contribution in [2.24, 2.45) is 0 Å². The molecule has 0 radical (unpaired) electrons. The van der Waals surface area contributed by atoms with Crippen molar-refractivity contribution in [1.29, 1.82) is 0 Å². The molecule has 32 heavy (non-hydrogen) atoms. The fourth-order valence-corrected chi connectivity index (χ4v) is 4.94. The van der Waals surface area contributed by atoms with E-state index >= 15 is 0 Å². The first-order valence-electron chi connectivity index (χ1n) is 9.65. The molecular weight excluding hydrogens is 471 g/mol. The third-order valence-electron chi connectivity index (χ3n) is 4.75. The standard InChI is InChI=1S/C23H22Cl2N2O4S/c1-16-13-18(11-12-21(16)31-2)32(29,30)27(14-17-7-4-3-5-8-17)15-22(28)26-20-10-6-9-19(24)23(20)25/h3-13H,14-15H2,1-2H3,(H,26,28).